The Morgan fingerprint density at radius 3 is 2.71 bits per heavy atom. The Balaban J connectivity index is 2.00. The van der Waals surface area contributed by atoms with Crippen LogP contribution in [0.1, 0.15) is 33.1 Å². The minimum Gasteiger partial charge on any atom is -0.338 e. The van der Waals surface area contributed by atoms with Crippen molar-refractivity contribution in [3.63, 3.8) is 0 Å². The van der Waals surface area contributed by atoms with E-state index >= 15 is 0 Å². The molecule has 1 aliphatic heterocycles. The molecule has 2 aliphatic rings. The van der Waals surface area contributed by atoms with Crippen molar-refractivity contribution >= 4 is 5.91 Å². The van der Waals surface area contributed by atoms with E-state index in [1.165, 1.54) is 6.42 Å². The van der Waals surface area contributed by atoms with Crippen molar-refractivity contribution in [3.8, 4) is 0 Å². The summed E-state index contributed by atoms with van der Waals surface area (Å²) in [7, 11) is 0. The van der Waals surface area contributed by atoms with E-state index in [4.69, 9.17) is 5.73 Å². The Hall–Kier alpha value is -0.570. The molecule has 0 radical (unpaired) electrons. The number of hydrogen-bond acceptors (Lipinski definition) is 2. The average Bonchev–Trinajstić information content (AvgIpc) is 2.19. The Kier molecular flexibility index (Phi) is 2.52. The van der Waals surface area contributed by atoms with Crippen LogP contribution in [0.2, 0.25) is 0 Å². The largest absolute Gasteiger partial charge is 0.338 e. The van der Waals surface area contributed by atoms with Gasteiger partial charge in [0.1, 0.15) is 0 Å². The lowest BCUT2D eigenvalue weighted by atomic mass is 9.70. The van der Waals surface area contributed by atoms with E-state index in [0.717, 1.165) is 25.3 Å². The maximum atomic E-state index is 11.8. The van der Waals surface area contributed by atoms with Crippen LogP contribution in [0, 0.1) is 11.8 Å². The Morgan fingerprint density at radius 1 is 1.43 bits per heavy atom. The van der Waals surface area contributed by atoms with Crippen LogP contribution in [-0.2, 0) is 4.79 Å². The maximum absolute atomic E-state index is 11.8. The second kappa shape index (κ2) is 3.54. The molecule has 1 amide bonds. The predicted molar refractivity (Wildman–Crippen MR) is 55.7 cm³/mol. The molecule has 2 N–H and O–H groups in total. The second-order valence-electron chi connectivity index (χ2n) is 4.92. The summed E-state index contributed by atoms with van der Waals surface area (Å²) in [5.41, 5.74) is 5.77. The van der Waals surface area contributed by atoms with Gasteiger partial charge in [0.05, 0.1) is 6.04 Å². The third kappa shape index (κ3) is 1.44. The van der Waals surface area contributed by atoms with Gasteiger partial charge in [0.2, 0.25) is 5.91 Å². The summed E-state index contributed by atoms with van der Waals surface area (Å²) < 4.78 is 0. The standard InChI is InChI=1S/C11H20N2O/c1-7-6-10(8(7)2)13-5-3-4-9(12)11(13)14/h7-10H,3-6,12H2,1-2H3. The molecule has 3 heteroatoms. The van der Waals surface area contributed by atoms with Gasteiger partial charge in [-0.25, -0.2) is 0 Å². The fraction of sp³-hybridized carbons (Fsp3) is 0.909. The fourth-order valence-corrected chi connectivity index (χ4v) is 2.66. The van der Waals surface area contributed by atoms with Crippen LogP contribution in [0.25, 0.3) is 0 Å². The lowest BCUT2D eigenvalue weighted by molar-refractivity contribution is -0.143. The summed E-state index contributed by atoms with van der Waals surface area (Å²) in [6.45, 7) is 5.43. The van der Waals surface area contributed by atoms with E-state index in [1.807, 2.05) is 4.90 Å². The van der Waals surface area contributed by atoms with E-state index in [-0.39, 0.29) is 11.9 Å². The number of rotatable bonds is 1. The van der Waals surface area contributed by atoms with Gasteiger partial charge < -0.3 is 10.6 Å². The van der Waals surface area contributed by atoms with Crippen molar-refractivity contribution in [1.29, 1.82) is 0 Å². The number of nitrogens with two attached hydrogens (primary N) is 1. The number of nitrogens with zero attached hydrogens (tertiary/aromatic N) is 1. The van der Waals surface area contributed by atoms with Gasteiger partial charge in [0, 0.05) is 12.6 Å². The van der Waals surface area contributed by atoms with Crippen molar-refractivity contribution in [1.82, 2.24) is 4.90 Å². The Bertz CT molecular complexity index is 241. The van der Waals surface area contributed by atoms with Gasteiger partial charge in [-0.2, -0.15) is 0 Å². The molecule has 3 nitrogen and oxygen atoms in total. The van der Waals surface area contributed by atoms with E-state index in [2.05, 4.69) is 13.8 Å². The van der Waals surface area contributed by atoms with Crippen LogP contribution in [0.4, 0.5) is 0 Å². The van der Waals surface area contributed by atoms with Gasteiger partial charge in [-0.15, -0.1) is 0 Å². The third-order valence-corrected chi connectivity index (χ3v) is 4.03. The van der Waals surface area contributed by atoms with Crippen molar-refractivity contribution in [2.45, 2.75) is 45.2 Å². The van der Waals surface area contributed by atoms with E-state index in [1.54, 1.807) is 0 Å². The van der Waals surface area contributed by atoms with Crippen LogP contribution < -0.4 is 5.73 Å². The SMILES string of the molecule is CC1CC(N2CCCC(N)C2=O)C1C. The predicted octanol–water partition coefficient (Wildman–Crippen LogP) is 0.981. The molecule has 0 aromatic rings. The molecule has 1 saturated heterocycles. The summed E-state index contributed by atoms with van der Waals surface area (Å²) in [4.78, 5) is 13.8. The monoisotopic (exact) mass is 196 g/mol. The molecule has 4 unspecified atom stereocenters. The van der Waals surface area contributed by atoms with Gasteiger partial charge in [-0.3, -0.25) is 4.79 Å². The zero-order valence-electron chi connectivity index (χ0n) is 9.07. The lowest BCUT2D eigenvalue weighted by Crippen LogP contribution is -2.59. The Morgan fingerprint density at radius 2 is 2.14 bits per heavy atom. The molecule has 1 saturated carbocycles. The molecule has 80 valence electrons. The number of hydrogen-bond donors (Lipinski definition) is 1. The topological polar surface area (TPSA) is 46.3 Å². The molecule has 2 rings (SSSR count). The number of carbonyl (C=O) groups is 1. The van der Waals surface area contributed by atoms with Crippen molar-refractivity contribution < 1.29 is 4.79 Å². The molecule has 14 heavy (non-hydrogen) atoms. The number of piperidine rings is 1. The highest BCUT2D eigenvalue weighted by Crippen LogP contribution is 2.38. The highest BCUT2D eigenvalue weighted by molar-refractivity contribution is 5.82. The highest BCUT2D eigenvalue weighted by Gasteiger charge is 2.42. The van der Waals surface area contributed by atoms with Crippen LogP contribution in [0.3, 0.4) is 0 Å². The van der Waals surface area contributed by atoms with Crippen LogP contribution in [-0.4, -0.2) is 29.4 Å². The minimum absolute atomic E-state index is 0.181. The van der Waals surface area contributed by atoms with Gasteiger partial charge in [0.25, 0.3) is 0 Å². The van der Waals surface area contributed by atoms with Crippen LogP contribution in [0.15, 0.2) is 0 Å². The molecular formula is C11H20N2O. The summed E-state index contributed by atoms with van der Waals surface area (Å²) in [6.07, 6.45) is 3.11. The molecule has 0 aromatic carbocycles. The van der Waals surface area contributed by atoms with Gasteiger partial charge >= 0.3 is 0 Å². The summed E-state index contributed by atoms with van der Waals surface area (Å²) in [5.74, 6) is 1.61. The first kappa shape index (κ1) is 9.97. The first-order valence-electron chi connectivity index (χ1n) is 5.67. The van der Waals surface area contributed by atoms with Crippen molar-refractivity contribution in [2.24, 2.45) is 17.6 Å². The maximum Gasteiger partial charge on any atom is 0.239 e. The fourth-order valence-electron chi connectivity index (χ4n) is 2.66. The quantitative estimate of drug-likeness (QED) is 0.679. The van der Waals surface area contributed by atoms with Gasteiger partial charge in [-0.1, -0.05) is 13.8 Å². The molecular weight excluding hydrogens is 176 g/mol. The molecule has 0 bridgehead atoms. The molecule has 1 heterocycles. The normalized spacial score (nSPS) is 43.6. The van der Waals surface area contributed by atoms with Crippen LogP contribution >= 0.6 is 0 Å². The van der Waals surface area contributed by atoms with E-state index in [0.29, 0.717) is 12.0 Å². The van der Waals surface area contributed by atoms with Crippen LogP contribution in [0.5, 0.6) is 0 Å². The van der Waals surface area contributed by atoms with Gasteiger partial charge in [-0.05, 0) is 31.1 Å². The first-order chi connectivity index (χ1) is 6.61. The summed E-state index contributed by atoms with van der Waals surface area (Å²) in [5, 5.41) is 0. The Labute approximate surface area is 85.6 Å². The number of amides is 1. The number of carbonyl (C=O) groups excluding carboxylic acids is 1. The first-order valence-corrected chi connectivity index (χ1v) is 5.67. The smallest absolute Gasteiger partial charge is 0.239 e. The molecule has 1 aliphatic carbocycles. The van der Waals surface area contributed by atoms with E-state index in [9.17, 15) is 4.79 Å². The van der Waals surface area contributed by atoms with E-state index < -0.39 is 0 Å². The highest BCUT2D eigenvalue weighted by atomic mass is 16.2. The molecule has 0 aromatic heterocycles. The molecule has 0 spiro atoms. The summed E-state index contributed by atoms with van der Waals surface area (Å²) >= 11 is 0. The average molecular weight is 196 g/mol. The number of likely N-dealkylation sites (tertiary alicyclic amines) is 1. The van der Waals surface area contributed by atoms with Crippen molar-refractivity contribution in [3.05, 3.63) is 0 Å². The molecule has 4 atom stereocenters. The molecule has 2 fully saturated rings. The third-order valence-electron chi connectivity index (χ3n) is 4.03. The minimum atomic E-state index is -0.230. The van der Waals surface area contributed by atoms with Crippen molar-refractivity contribution in [2.75, 3.05) is 6.54 Å². The van der Waals surface area contributed by atoms with Gasteiger partial charge in [0.15, 0.2) is 0 Å². The summed E-state index contributed by atoms with van der Waals surface area (Å²) in [6, 6.07) is 0.246. The second-order valence-corrected chi connectivity index (χ2v) is 4.92. The zero-order chi connectivity index (χ0) is 10.3. The zero-order valence-corrected chi connectivity index (χ0v) is 9.07. The lowest BCUT2D eigenvalue weighted by Gasteiger charge is -2.49.